The van der Waals surface area contributed by atoms with Gasteiger partial charge in [-0.3, -0.25) is 48.6 Å². The Morgan fingerprint density at radius 2 is 1.02 bits per heavy atom. The lowest BCUT2D eigenvalue weighted by Gasteiger charge is -2.29. The Kier molecular flexibility index (Phi) is 16.4. The molecule has 0 saturated heterocycles. The van der Waals surface area contributed by atoms with Crippen LogP contribution in [0.5, 0.6) is 5.75 Å². The maximum atomic E-state index is 14.2. The fourth-order valence-electron chi connectivity index (χ4n) is 6.40. The molecule has 0 aliphatic rings. The van der Waals surface area contributed by atoms with Gasteiger partial charge in [0, 0.05) is 38.6 Å². The van der Waals surface area contributed by atoms with E-state index in [9.17, 15) is 44.4 Å². The quantitative estimate of drug-likeness (QED) is 0.0699. The number of aromatic nitrogens is 4. The molecule has 318 valence electrons. The Morgan fingerprint density at radius 1 is 0.508 bits per heavy atom. The zero-order valence-corrected chi connectivity index (χ0v) is 33.4. The Hall–Kier alpha value is -7.15. The van der Waals surface area contributed by atoms with Crippen molar-refractivity contribution in [1.82, 2.24) is 39.5 Å². The van der Waals surface area contributed by atoms with Crippen molar-refractivity contribution in [2.75, 3.05) is 66.0 Å². The summed E-state index contributed by atoms with van der Waals surface area (Å²) in [4.78, 5) is 84.6. The second kappa shape index (κ2) is 22.3. The average Bonchev–Trinajstić information content (AvgIpc) is 3.24. The number of carbonyl (C=O) groups excluding carboxylic acids is 1. The van der Waals surface area contributed by atoms with Crippen LogP contribution in [0.2, 0.25) is 0 Å². The number of nitrogens with zero attached hydrogens (tertiary/aromatic N) is 8. The van der Waals surface area contributed by atoms with Crippen LogP contribution in [0.1, 0.15) is 11.4 Å². The first-order valence-electron chi connectivity index (χ1n) is 19.1. The molecule has 0 saturated carbocycles. The summed E-state index contributed by atoms with van der Waals surface area (Å²) >= 11 is 0. The van der Waals surface area contributed by atoms with Gasteiger partial charge >= 0.3 is 23.9 Å². The Bertz CT molecular complexity index is 2250. The highest BCUT2D eigenvalue weighted by Gasteiger charge is 2.23. The molecule has 61 heavy (non-hydrogen) atoms. The van der Waals surface area contributed by atoms with Gasteiger partial charge in [0.15, 0.2) is 0 Å². The summed E-state index contributed by atoms with van der Waals surface area (Å²) in [5.74, 6) is -4.65. The van der Waals surface area contributed by atoms with Crippen molar-refractivity contribution < 1.29 is 49.1 Å². The van der Waals surface area contributed by atoms with Gasteiger partial charge < -0.3 is 30.1 Å². The third-order valence-corrected chi connectivity index (χ3v) is 9.29. The summed E-state index contributed by atoms with van der Waals surface area (Å²) in [5.41, 5.74) is 5.26. The molecule has 0 radical (unpaired) electrons. The number of aliphatic carboxylic acids is 4. The molecule has 5 aromatic rings. The molecule has 0 bridgehead atoms. The number of ether oxygens (including phenoxy) is 1. The van der Waals surface area contributed by atoms with Crippen molar-refractivity contribution in [2.24, 2.45) is 0 Å². The van der Waals surface area contributed by atoms with Gasteiger partial charge in [0.2, 0.25) is 5.91 Å². The van der Waals surface area contributed by atoms with Crippen LogP contribution in [0.25, 0.3) is 33.9 Å². The predicted molar refractivity (Wildman–Crippen MR) is 221 cm³/mol. The Labute approximate surface area is 351 Å². The van der Waals surface area contributed by atoms with E-state index in [4.69, 9.17) is 14.7 Å². The topological polar surface area (TPSA) is 240 Å². The lowest BCUT2D eigenvalue weighted by Crippen LogP contribution is -2.47. The summed E-state index contributed by atoms with van der Waals surface area (Å²) < 4.78 is 5.35. The number of carboxylic acids is 4. The Balaban J connectivity index is 1.39. The van der Waals surface area contributed by atoms with Gasteiger partial charge in [0.25, 0.3) is 0 Å². The number of rotatable bonds is 24. The van der Waals surface area contributed by atoms with Crippen molar-refractivity contribution in [2.45, 2.75) is 13.1 Å². The average molecular weight is 835 g/mol. The van der Waals surface area contributed by atoms with E-state index in [0.717, 1.165) is 16.0 Å². The van der Waals surface area contributed by atoms with Gasteiger partial charge in [-0.25, -0.2) is 9.97 Å². The van der Waals surface area contributed by atoms with Crippen LogP contribution in [-0.4, -0.2) is 156 Å². The molecular formula is C43H46N8O10. The lowest BCUT2D eigenvalue weighted by atomic mass is 10.0. The van der Waals surface area contributed by atoms with Crippen LogP contribution in [0.3, 0.4) is 0 Å². The summed E-state index contributed by atoms with van der Waals surface area (Å²) in [6.45, 7) is -2.64. The Morgan fingerprint density at radius 3 is 1.57 bits per heavy atom. The van der Waals surface area contributed by atoms with Crippen molar-refractivity contribution >= 4 is 29.8 Å². The predicted octanol–water partition coefficient (Wildman–Crippen LogP) is 3.05. The molecule has 4 N–H and O–H groups in total. The minimum Gasteiger partial charge on any atom is -0.497 e. The molecule has 0 unspecified atom stereocenters. The third-order valence-electron chi connectivity index (χ3n) is 9.29. The minimum atomic E-state index is -1.25. The highest BCUT2D eigenvalue weighted by Crippen LogP contribution is 2.30. The molecule has 1 amide bonds. The van der Waals surface area contributed by atoms with Gasteiger partial charge in [-0.05, 0) is 71.8 Å². The van der Waals surface area contributed by atoms with Crippen LogP contribution < -0.4 is 4.74 Å². The van der Waals surface area contributed by atoms with Crippen LogP contribution >= 0.6 is 0 Å². The van der Waals surface area contributed by atoms with Crippen molar-refractivity contribution in [3.05, 3.63) is 115 Å². The minimum absolute atomic E-state index is 0.0174. The number of carboxylic acid groups (broad SMARTS) is 4. The van der Waals surface area contributed by atoms with Crippen molar-refractivity contribution in [3.63, 3.8) is 0 Å². The second-order valence-corrected chi connectivity index (χ2v) is 13.9. The molecule has 18 nitrogen and oxygen atoms in total. The number of methoxy groups -OCH3 is 1. The first kappa shape index (κ1) is 44.9. The molecular weight excluding hydrogens is 789 g/mol. The molecule has 0 fully saturated rings. The molecule has 0 aliphatic carbocycles. The SMILES string of the molecule is COc1ccc(-c2cc(-c3ccccn3)nc(-c3cccc(CN(Cc4ccccn4)C(=O)CN(CCN(CCN(CC(=O)O)CC(=O)O)CC(=O)O)CC(=O)O)n3)c2)cc1. The van der Waals surface area contributed by atoms with E-state index in [2.05, 4.69) is 9.97 Å². The third kappa shape index (κ3) is 14.6. The summed E-state index contributed by atoms with van der Waals surface area (Å²) in [6, 6.07) is 27.7. The van der Waals surface area contributed by atoms with Gasteiger partial charge in [-0.1, -0.05) is 30.3 Å². The molecule has 5 rings (SSSR count). The highest BCUT2D eigenvalue weighted by molar-refractivity contribution is 5.79. The van der Waals surface area contributed by atoms with Gasteiger partial charge in [0.05, 0.1) is 87.1 Å². The number of pyridine rings is 4. The van der Waals surface area contributed by atoms with E-state index in [1.807, 2.05) is 66.7 Å². The number of carbonyl (C=O) groups is 5. The maximum absolute atomic E-state index is 14.2. The number of hydrogen-bond donors (Lipinski definition) is 4. The van der Waals surface area contributed by atoms with Gasteiger partial charge in [0.1, 0.15) is 5.75 Å². The second-order valence-electron chi connectivity index (χ2n) is 13.9. The van der Waals surface area contributed by atoms with E-state index >= 15 is 0 Å². The first-order chi connectivity index (χ1) is 29.3. The zero-order chi connectivity index (χ0) is 43.7. The monoisotopic (exact) mass is 834 g/mol. The van der Waals surface area contributed by atoms with E-state index in [1.54, 1.807) is 43.8 Å². The molecule has 18 heteroatoms. The van der Waals surface area contributed by atoms with E-state index < -0.39 is 56.0 Å². The van der Waals surface area contributed by atoms with Crippen molar-refractivity contribution in [3.8, 4) is 39.7 Å². The molecule has 4 aromatic heterocycles. The van der Waals surface area contributed by atoms with Crippen molar-refractivity contribution in [1.29, 1.82) is 0 Å². The summed E-state index contributed by atoms with van der Waals surface area (Å²) in [7, 11) is 1.60. The van der Waals surface area contributed by atoms with E-state index in [0.29, 0.717) is 39.9 Å². The van der Waals surface area contributed by atoms with Gasteiger partial charge in [-0.15, -0.1) is 0 Å². The van der Waals surface area contributed by atoms with Crippen LogP contribution in [0.4, 0.5) is 0 Å². The highest BCUT2D eigenvalue weighted by atomic mass is 16.5. The van der Waals surface area contributed by atoms with E-state index in [1.165, 1.54) is 14.7 Å². The number of amides is 1. The fraction of sp³-hybridized carbons (Fsp3) is 0.279. The largest absolute Gasteiger partial charge is 0.497 e. The standard InChI is InChI=1S/C43H46N8O10/c1-61-34-13-11-30(12-14-34)31-21-37(35-9-3-5-16-45-35)47-38(22-31)36-10-6-8-33(46-36)24-51(23-32-7-2-4-15-44-32)39(52)25-49(27-41(55)56)19-17-48(26-40(53)54)18-20-50(28-42(57)58)29-43(59)60/h2-16,21-22H,17-20,23-29H2,1H3,(H,53,54)(H,55,56)(H,57,58)(H,59,60). The van der Waals surface area contributed by atoms with Crippen LogP contribution in [0.15, 0.2) is 103 Å². The van der Waals surface area contributed by atoms with Crippen LogP contribution in [-0.2, 0) is 37.1 Å². The molecule has 4 heterocycles. The number of hydrogen-bond acceptors (Lipinski definition) is 13. The summed E-state index contributed by atoms with van der Waals surface area (Å²) in [5, 5.41) is 37.7. The fourth-order valence-corrected chi connectivity index (χ4v) is 6.40. The molecule has 0 aliphatic heterocycles. The molecule has 1 aromatic carbocycles. The smallest absolute Gasteiger partial charge is 0.317 e. The maximum Gasteiger partial charge on any atom is 0.317 e. The first-order valence-corrected chi connectivity index (χ1v) is 19.1. The lowest BCUT2D eigenvalue weighted by molar-refractivity contribution is -0.143. The van der Waals surface area contributed by atoms with Gasteiger partial charge in [-0.2, -0.15) is 0 Å². The summed E-state index contributed by atoms with van der Waals surface area (Å²) in [6.07, 6.45) is 3.29. The zero-order valence-electron chi connectivity index (χ0n) is 33.4. The van der Waals surface area contributed by atoms with Crippen LogP contribution in [0, 0.1) is 0 Å². The van der Waals surface area contributed by atoms with E-state index in [-0.39, 0.29) is 45.8 Å². The molecule has 0 spiro atoms. The molecule has 0 atom stereocenters. The number of benzene rings is 1. The normalized spacial score (nSPS) is 11.1.